The van der Waals surface area contributed by atoms with Gasteiger partial charge in [-0.2, -0.15) is 0 Å². The van der Waals surface area contributed by atoms with Gasteiger partial charge in [-0.1, -0.05) is 158 Å². The number of nitrogens with zero attached hydrogens (tertiary/aromatic N) is 3. The van der Waals surface area contributed by atoms with E-state index in [2.05, 4.69) is 133 Å². The fraction of sp³-hybridized carbons (Fsp3) is 0. The monoisotopic (exact) mass is 677 g/mol. The molecule has 0 radical (unpaired) electrons. The maximum absolute atomic E-state index is 6.48. The van der Waals surface area contributed by atoms with E-state index < -0.39 is 0 Å². The van der Waals surface area contributed by atoms with Crippen LogP contribution >= 0.6 is 0 Å². The van der Waals surface area contributed by atoms with Crippen molar-refractivity contribution in [1.82, 2.24) is 15.0 Å². The fourth-order valence-electron chi connectivity index (χ4n) is 7.48. The lowest BCUT2D eigenvalue weighted by Crippen LogP contribution is -2.00. The molecule has 0 saturated heterocycles. The van der Waals surface area contributed by atoms with Crippen LogP contribution in [-0.2, 0) is 0 Å². The molecule has 0 amide bonds. The van der Waals surface area contributed by atoms with Crippen LogP contribution in [0.25, 0.3) is 100 Å². The van der Waals surface area contributed by atoms with E-state index >= 15 is 0 Å². The molecule has 0 bridgehead atoms. The first kappa shape index (κ1) is 30.6. The summed E-state index contributed by atoms with van der Waals surface area (Å²) in [5.74, 6) is 1.85. The summed E-state index contributed by atoms with van der Waals surface area (Å²) in [6.45, 7) is 0. The van der Waals surface area contributed by atoms with Gasteiger partial charge in [-0.15, -0.1) is 0 Å². The van der Waals surface area contributed by atoms with Crippen molar-refractivity contribution < 1.29 is 4.42 Å². The fourth-order valence-corrected chi connectivity index (χ4v) is 7.48. The highest BCUT2D eigenvalue weighted by molar-refractivity contribution is 6.14. The lowest BCUT2D eigenvalue weighted by Gasteiger charge is -2.13. The Morgan fingerprint density at radius 3 is 1.53 bits per heavy atom. The largest absolute Gasteiger partial charge is 0.456 e. The molecule has 10 aromatic rings. The molecule has 0 unspecified atom stereocenters. The molecule has 0 fully saturated rings. The van der Waals surface area contributed by atoms with Gasteiger partial charge in [0.25, 0.3) is 0 Å². The van der Waals surface area contributed by atoms with Crippen LogP contribution in [0.15, 0.2) is 192 Å². The molecule has 2 aromatic heterocycles. The van der Waals surface area contributed by atoms with E-state index in [0.29, 0.717) is 17.5 Å². The zero-order valence-corrected chi connectivity index (χ0v) is 28.6. The minimum atomic E-state index is 0.600. The first-order valence-electron chi connectivity index (χ1n) is 17.8. The lowest BCUT2D eigenvalue weighted by molar-refractivity contribution is 0.669. The molecule has 248 valence electrons. The lowest BCUT2D eigenvalue weighted by atomic mass is 9.92. The Morgan fingerprint density at radius 2 is 0.811 bits per heavy atom. The summed E-state index contributed by atoms with van der Waals surface area (Å²) in [7, 11) is 0. The Labute approximate surface area is 306 Å². The minimum Gasteiger partial charge on any atom is -0.456 e. The predicted octanol–water partition coefficient (Wildman–Crippen LogP) is 12.9. The van der Waals surface area contributed by atoms with Crippen LogP contribution in [0.4, 0.5) is 0 Å². The average molecular weight is 678 g/mol. The second-order valence-corrected chi connectivity index (χ2v) is 13.1. The predicted molar refractivity (Wildman–Crippen MR) is 217 cm³/mol. The van der Waals surface area contributed by atoms with Crippen molar-refractivity contribution in [3.8, 4) is 67.5 Å². The third kappa shape index (κ3) is 5.45. The molecule has 53 heavy (non-hydrogen) atoms. The van der Waals surface area contributed by atoms with Crippen LogP contribution in [-0.4, -0.2) is 15.0 Å². The highest BCUT2D eigenvalue weighted by Crippen LogP contribution is 2.42. The summed E-state index contributed by atoms with van der Waals surface area (Å²) >= 11 is 0. The van der Waals surface area contributed by atoms with Crippen molar-refractivity contribution in [1.29, 1.82) is 0 Å². The smallest absolute Gasteiger partial charge is 0.164 e. The average Bonchev–Trinajstić information content (AvgIpc) is 3.62. The standard InChI is InChI=1S/C49H31N3O/c1-4-15-32(16-5-1)36-21-10-11-23-39(36)41-25-14-26-45-46(41)43-31-35(27-30-44(43)53-45)48-50-47(34-19-8-3-9-20-34)51-49(52-48)42-29-28-37(33-17-6-2-7-18-33)38-22-12-13-24-40(38)42/h1-31H. The van der Waals surface area contributed by atoms with Crippen molar-refractivity contribution in [3.63, 3.8) is 0 Å². The quantitative estimate of drug-likeness (QED) is 0.176. The maximum Gasteiger partial charge on any atom is 0.164 e. The van der Waals surface area contributed by atoms with E-state index in [0.717, 1.165) is 60.5 Å². The van der Waals surface area contributed by atoms with Gasteiger partial charge in [-0.05, 0) is 74.5 Å². The number of fused-ring (bicyclic) bond motifs is 4. The van der Waals surface area contributed by atoms with Gasteiger partial charge in [0.05, 0.1) is 0 Å². The second-order valence-electron chi connectivity index (χ2n) is 13.1. The number of rotatable bonds is 6. The molecule has 10 rings (SSSR count). The van der Waals surface area contributed by atoms with Crippen LogP contribution in [0.5, 0.6) is 0 Å². The number of hydrogen-bond donors (Lipinski definition) is 0. The third-order valence-corrected chi connectivity index (χ3v) is 9.97. The van der Waals surface area contributed by atoms with Gasteiger partial charge in [0, 0.05) is 27.5 Å². The second kappa shape index (κ2) is 12.9. The summed E-state index contributed by atoms with van der Waals surface area (Å²) in [6.07, 6.45) is 0. The molecule has 4 nitrogen and oxygen atoms in total. The number of aromatic nitrogens is 3. The van der Waals surface area contributed by atoms with Crippen LogP contribution in [0, 0.1) is 0 Å². The molecule has 2 heterocycles. The van der Waals surface area contributed by atoms with Gasteiger partial charge in [-0.3, -0.25) is 0 Å². The topological polar surface area (TPSA) is 51.8 Å². The molecule has 0 N–H and O–H groups in total. The van der Waals surface area contributed by atoms with E-state index in [1.165, 1.54) is 22.3 Å². The summed E-state index contributed by atoms with van der Waals surface area (Å²) in [6, 6.07) is 65.1. The van der Waals surface area contributed by atoms with E-state index in [4.69, 9.17) is 19.4 Å². The number of benzene rings is 8. The molecule has 0 aliphatic carbocycles. The van der Waals surface area contributed by atoms with E-state index in [-0.39, 0.29) is 0 Å². The van der Waals surface area contributed by atoms with Gasteiger partial charge in [0.15, 0.2) is 17.5 Å². The zero-order chi connectivity index (χ0) is 35.1. The number of furan rings is 1. The Hall–Kier alpha value is -7.17. The third-order valence-electron chi connectivity index (χ3n) is 9.97. The van der Waals surface area contributed by atoms with Crippen molar-refractivity contribution in [2.24, 2.45) is 0 Å². The summed E-state index contributed by atoms with van der Waals surface area (Å²) < 4.78 is 6.48. The summed E-state index contributed by atoms with van der Waals surface area (Å²) in [5, 5.41) is 4.31. The van der Waals surface area contributed by atoms with Crippen LogP contribution in [0.1, 0.15) is 0 Å². The normalized spacial score (nSPS) is 11.4. The van der Waals surface area contributed by atoms with Gasteiger partial charge in [0.2, 0.25) is 0 Å². The molecule has 8 aromatic carbocycles. The van der Waals surface area contributed by atoms with Gasteiger partial charge in [-0.25, -0.2) is 15.0 Å². The van der Waals surface area contributed by atoms with E-state index in [1.807, 2.05) is 54.6 Å². The van der Waals surface area contributed by atoms with E-state index in [1.54, 1.807) is 0 Å². The minimum absolute atomic E-state index is 0.600. The van der Waals surface area contributed by atoms with Gasteiger partial charge in [0.1, 0.15) is 11.2 Å². The molecule has 4 heteroatoms. The van der Waals surface area contributed by atoms with Crippen molar-refractivity contribution in [2.75, 3.05) is 0 Å². The molecular formula is C49H31N3O. The SMILES string of the molecule is c1ccc(-c2nc(-c3ccc4oc5cccc(-c6ccccc6-c6ccccc6)c5c4c3)nc(-c3ccc(-c4ccccc4)c4ccccc34)n2)cc1. The maximum atomic E-state index is 6.48. The Bertz CT molecular complexity index is 2940. The van der Waals surface area contributed by atoms with Crippen LogP contribution in [0.2, 0.25) is 0 Å². The molecule has 0 aliphatic heterocycles. The molecule has 0 saturated carbocycles. The molecule has 0 atom stereocenters. The van der Waals surface area contributed by atoms with E-state index in [9.17, 15) is 0 Å². The van der Waals surface area contributed by atoms with Crippen LogP contribution < -0.4 is 0 Å². The highest BCUT2D eigenvalue weighted by atomic mass is 16.3. The first-order chi connectivity index (χ1) is 26.3. The highest BCUT2D eigenvalue weighted by Gasteiger charge is 2.19. The van der Waals surface area contributed by atoms with Gasteiger partial charge < -0.3 is 4.42 Å². The molecule has 0 spiro atoms. The van der Waals surface area contributed by atoms with Crippen molar-refractivity contribution in [3.05, 3.63) is 188 Å². The Balaban J connectivity index is 1.18. The summed E-state index contributed by atoms with van der Waals surface area (Å²) in [4.78, 5) is 15.4. The Kier molecular flexibility index (Phi) is 7.43. The van der Waals surface area contributed by atoms with Crippen molar-refractivity contribution in [2.45, 2.75) is 0 Å². The van der Waals surface area contributed by atoms with Crippen molar-refractivity contribution >= 4 is 32.7 Å². The summed E-state index contributed by atoms with van der Waals surface area (Å²) in [5.41, 5.74) is 11.4. The Morgan fingerprint density at radius 1 is 0.283 bits per heavy atom. The van der Waals surface area contributed by atoms with Gasteiger partial charge >= 0.3 is 0 Å². The molecular weight excluding hydrogens is 647 g/mol. The number of hydrogen-bond acceptors (Lipinski definition) is 4. The van der Waals surface area contributed by atoms with Crippen LogP contribution in [0.3, 0.4) is 0 Å². The first-order valence-corrected chi connectivity index (χ1v) is 17.8. The zero-order valence-electron chi connectivity index (χ0n) is 28.6. The molecule has 0 aliphatic rings.